The average molecular weight is 375 g/mol. The summed E-state index contributed by atoms with van der Waals surface area (Å²) in [7, 11) is 0. The van der Waals surface area contributed by atoms with E-state index in [1.807, 2.05) is 36.4 Å². The van der Waals surface area contributed by atoms with E-state index in [1.54, 1.807) is 0 Å². The van der Waals surface area contributed by atoms with Crippen LogP contribution in [0.25, 0.3) is 11.1 Å². The van der Waals surface area contributed by atoms with Gasteiger partial charge in [-0.1, -0.05) is 60.7 Å². The fourth-order valence-corrected chi connectivity index (χ4v) is 5.13. The van der Waals surface area contributed by atoms with E-state index in [0.29, 0.717) is 0 Å². The van der Waals surface area contributed by atoms with E-state index < -0.39 is 24.0 Å². The Labute approximate surface area is 163 Å². The summed E-state index contributed by atoms with van der Waals surface area (Å²) in [5, 5.41) is 12.3. The molecule has 3 aliphatic rings. The molecule has 0 spiro atoms. The zero-order valence-electron chi connectivity index (χ0n) is 15.2. The van der Waals surface area contributed by atoms with Gasteiger partial charge >= 0.3 is 12.1 Å². The summed E-state index contributed by atoms with van der Waals surface area (Å²) in [5.74, 6) is -1.36. The predicted octanol–water partition coefficient (Wildman–Crippen LogP) is 3.80. The highest BCUT2D eigenvalue weighted by molar-refractivity contribution is 5.79. The number of benzene rings is 2. The molecule has 0 radical (unpaired) electrons. The normalized spacial score (nSPS) is 26.7. The van der Waals surface area contributed by atoms with E-state index in [1.165, 1.54) is 11.1 Å². The van der Waals surface area contributed by atoms with E-state index in [9.17, 15) is 14.7 Å². The summed E-state index contributed by atoms with van der Waals surface area (Å²) in [6.07, 6.45) is 4.21. The molecule has 2 aromatic carbocycles. The summed E-state index contributed by atoms with van der Waals surface area (Å²) >= 11 is 0. The molecule has 0 heterocycles. The maximum atomic E-state index is 12.5. The largest absolute Gasteiger partial charge is 0.481 e. The van der Waals surface area contributed by atoms with Crippen molar-refractivity contribution in [3.63, 3.8) is 0 Å². The third-order valence-electron chi connectivity index (χ3n) is 6.37. The average Bonchev–Trinajstić information content (AvgIpc) is 3.38. The lowest BCUT2D eigenvalue weighted by Gasteiger charge is -2.25. The number of ether oxygens (including phenoxy) is 1. The van der Waals surface area contributed by atoms with E-state index in [-0.39, 0.29) is 24.4 Å². The Kier molecular flexibility index (Phi) is 3.97. The molecule has 0 aliphatic heterocycles. The van der Waals surface area contributed by atoms with Crippen LogP contribution in [0.4, 0.5) is 4.79 Å². The Morgan fingerprint density at radius 2 is 1.57 bits per heavy atom. The van der Waals surface area contributed by atoms with Crippen molar-refractivity contribution < 1.29 is 19.4 Å². The number of alkyl carbamates (subject to hydrolysis) is 1. The molecule has 2 bridgehead atoms. The van der Waals surface area contributed by atoms with Crippen LogP contribution >= 0.6 is 0 Å². The molecule has 2 N–H and O–H groups in total. The highest BCUT2D eigenvalue weighted by atomic mass is 16.5. The summed E-state index contributed by atoms with van der Waals surface area (Å²) in [6, 6.07) is 15.9. The molecule has 5 heteroatoms. The monoisotopic (exact) mass is 375 g/mol. The molecule has 28 heavy (non-hydrogen) atoms. The summed E-state index contributed by atoms with van der Waals surface area (Å²) in [4.78, 5) is 24.1. The van der Waals surface area contributed by atoms with Crippen LogP contribution in [0.1, 0.15) is 23.5 Å². The molecule has 3 aliphatic carbocycles. The first-order chi connectivity index (χ1) is 13.6. The number of carbonyl (C=O) groups is 2. The highest BCUT2D eigenvalue weighted by Crippen LogP contribution is 2.45. The summed E-state index contributed by atoms with van der Waals surface area (Å²) in [5.41, 5.74) is 4.66. The predicted molar refractivity (Wildman–Crippen MR) is 104 cm³/mol. The second-order valence-electron chi connectivity index (χ2n) is 7.81. The van der Waals surface area contributed by atoms with Gasteiger partial charge in [0, 0.05) is 5.92 Å². The number of hydrogen-bond acceptors (Lipinski definition) is 3. The molecule has 142 valence electrons. The van der Waals surface area contributed by atoms with Gasteiger partial charge in [-0.3, -0.25) is 4.79 Å². The maximum Gasteiger partial charge on any atom is 0.407 e. The van der Waals surface area contributed by atoms with Crippen LogP contribution in [0.2, 0.25) is 0 Å². The molecule has 4 atom stereocenters. The van der Waals surface area contributed by atoms with Crippen molar-refractivity contribution in [2.24, 2.45) is 17.8 Å². The smallest absolute Gasteiger partial charge is 0.407 e. The Balaban J connectivity index is 1.30. The number of nitrogens with one attached hydrogen (secondary N) is 1. The molecule has 5 nitrogen and oxygen atoms in total. The third-order valence-corrected chi connectivity index (χ3v) is 6.37. The number of carbonyl (C=O) groups excluding carboxylic acids is 1. The fraction of sp³-hybridized carbons (Fsp3) is 0.304. The van der Waals surface area contributed by atoms with Crippen LogP contribution < -0.4 is 5.32 Å². The zero-order valence-corrected chi connectivity index (χ0v) is 15.2. The SMILES string of the molecule is O=C(N[C@@H]1[C@H](C(=O)O)[C@@H]2C=C[C@H]1C2)OCC1c2ccccc2-c2ccccc21. The van der Waals surface area contributed by atoms with Crippen molar-refractivity contribution in [3.8, 4) is 11.1 Å². The maximum absolute atomic E-state index is 12.5. The minimum Gasteiger partial charge on any atom is -0.481 e. The molecule has 1 amide bonds. The van der Waals surface area contributed by atoms with Gasteiger partial charge in [0.05, 0.1) is 12.0 Å². The van der Waals surface area contributed by atoms with Crippen molar-refractivity contribution in [3.05, 3.63) is 71.8 Å². The number of fused-ring (bicyclic) bond motifs is 5. The first kappa shape index (κ1) is 17.0. The van der Waals surface area contributed by atoms with Crippen LogP contribution in [0.3, 0.4) is 0 Å². The van der Waals surface area contributed by atoms with Crippen molar-refractivity contribution in [1.82, 2.24) is 5.32 Å². The van der Waals surface area contributed by atoms with Gasteiger partial charge in [0.15, 0.2) is 0 Å². The molecule has 1 saturated carbocycles. The number of amides is 1. The van der Waals surface area contributed by atoms with Gasteiger partial charge < -0.3 is 15.2 Å². The quantitative estimate of drug-likeness (QED) is 0.797. The van der Waals surface area contributed by atoms with Gasteiger partial charge in [0.2, 0.25) is 0 Å². The first-order valence-corrected chi connectivity index (χ1v) is 9.66. The lowest BCUT2D eigenvalue weighted by atomic mass is 9.89. The number of aliphatic carboxylic acids is 1. The Bertz CT molecular complexity index is 937. The standard InChI is InChI=1S/C23H21NO4/c25-22(26)20-13-9-10-14(11-13)21(20)24-23(27)28-12-19-17-7-3-1-5-15(17)16-6-2-4-8-18(16)19/h1-10,13-14,19-21H,11-12H2,(H,24,27)(H,25,26)/t13-,14+,20-,21+/m1/s1. The van der Waals surface area contributed by atoms with Crippen LogP contribution in [-0.4, -0.2) is 29.8 Å². The van der Waals surface area contributed by atoms with E-state index in [0.717, 1.165) is 17.5 Å². The lowest BCUT2D eigenvalue weighted by molar-refractivity contribution is -0.143. The summed E-state index contributed by atoms with van der Waals surface area (Å²) < 4.78 is 5.57. The number of carboxylic acids is 1. The minimum atomic E-state index is -0.860. The first-order valence-electron chi connectivity index (χ1n) is 9.66. The number of allylic oxidation sites excluding steroid dienone is 1. The van der Waals surface area contributed by atoms with Gasteiger partial charge in [0.25, 0.3) is 0 Å². The van der Waals surface area contributed by atoms with Crippen LogP contribution in [-0.2, 0) is 9.53 Å². The second-order valence-corrected chi connectivity index (χ2v) is 7.81. The highest BCUT2D eigenvalue weighted by Gasteiger charge is 2.49. The number of rotatable bonds is 4. The molecule has 5 rings (SSSR count). The van der Waals surface area contributed by atoms with Crippen molar-refractivity contribution >= 4 is 12.1 Å². The third kappa shape index (κ3) is 2.61. The second kappa shape index (κ2) is 6.51. The van der Waals surface area contributed by atoms with Crippen LogP contribution in [0.5, 0.6) is 0 Å². The molecule has 0 saturated heterocycles. The van der Waals surface area contributed by atoms with Crippen LogP contribution in [0.15, 0.2) is 60.7 Å². The molecule has 2 aromatic rings. The molecule has 0 unspecified atom stereocenters. The van der Waals surface area contributed by atoms with Gasteiger partial charge in [0.1, 0.15) is 6.61 Å². The summed E-state index contributed by atoms with van der Waals surface area (Å²) in [6.45, 7) is 0.230. The fourth-order valence-electron chi connectivity index (χ4n) is 5.13. The van der Waals surface area contributed by atoms with Gasteiger partial charge in [-0.2, -0.15) is 0 Å². The lowest BCUT2D eigenvalue weighted by Crippen LogP contribution is -2.46. The topological polar surface area (TPSA) is 75.6 Å². The van der Waals surface area contributed by atoms with Gasteiger partial charge in [-0.25, -0.2) is 4.79 Å². The zero-order chi connectivity index (χ0) is 19.3. The number of hydrogen-bond donors (Lipinski definition) is 2. The molecular formula is C23H21NO4. The van der Waals surface area contributed by atoms with Gasteiger partial charge in [-0.15, -0.1) is 0 Å². The Hall–Kier alpha value is -3.08. The minimum absolute atomic E-state index is 0.00128. The van der Waals surface area contributed by atoms with Crippen molar-refractivity contribution in [2.45, 2.75) is 18.4 Å². The van der Waals surface area contributed by atoms with E-state index in [4.69, 9.17) is 4.74 Å². The number of carboxylic acid groups (broad SMARTS) is 1. The molecule has 0 aromatic heterocycles. The van der Waals surface area contributed by atoms with Crippen LogP contribution in [0, 0.1) is 17.8 Å². The molecule has 1 fully saturated rings. The van der Waals surface area contributed by atoms with E-state index in [2.05, 4.69) is 29.6 Å². The molecular weight excluding hydrogens is 354 g/mol. The Morgan fingerprint density at radius 1 is 0.964 bits per heavy atom. The van der Waals surface area contributed by atoms with Crippen molar-refractivity contribution in [2.75, 3.05) is 6.61 Å². The van der Waals surface area contributed by atoms with Crippen molar-refractivity contribution in [1.29, 1.82) is 0 Å². The van der Waals surface area contributed by atoms with Gasteiger partial charge in [-0.05, 0) is 40.5 Å². The van der Waals surface area contributed by atoms with E-state index >= 15 is 0 Å². The Morgan fingerprint density at radius 3 is 2.21 bits per heavy atom.